The van der Waals surface area contributed by atoms with Crippen LogP contribution in [0.4, 0.5) is 0 Å². The van der Waals surface area contributed by atoms with Gasteiger partial charge in [0.1, 0.15) is 0 Å². The van der Waals surface area contributed by atoms with Gasteiger partial charge in [-0.1, -0.05) is 27.7 Å². The van der Waals surface area contributed by atoms with Crippen molar-refractivity contribution >= 4 is 18.2 Å². The van der Waals surface area contributed by atoms with Gasteiger partial charge in [-0.05, 0) is 0 Å². The first-order valence-corrected chi connectivity index (χ1v) is 8.31. The molecule has 0 amide bonds. The summed E-state index contributed by atoms with van der Waals surface area (Å²) in [5.74, 6) is 0. The molecule has 0 radical (unpaired) electrons. The standard InChI is InChI=1S/C6H20N2Si2.4ClH/c1-5(2)9-7-10(8-9)6(3)4;;;;/h5-6,9-10H,7-8H2,1-4H3;4*1H/q+2;;;;/p-4. The summed E-state index contributed by atoms with van der Waals surface area (Å²) in [6, 6.07) is 0. The molecule has 0 aromatic heterocycles. The minimum Gasteiger partial charge on any atom is -1.00 e. The van der Waals surface area contributed by atoms with Crippen LogP contribution in [0, 0.1) is 0 Å². The number of hydrogen-bond acceptors (Lipinski definition) is 0. The number of rotatable bonds is 2. The van der Waals surface area contributed by atoms with Gasteiger partial charge in [0.2, 0.25) is 0 Å². The number of hydrogen-bond donors (Lipinski definition) is 2. The molecule has 0 unspecified atom stereocenters. The average Bonchev–Trinajstić information content (AvgIpc) is 1.56. The summed E-state index contributed by atoms with van der Waals surface area (Å²) in [6.45, 7) is 9.48. The zero-order valence-electron chi connectivity index (χ0n) is 8.98. The van der Waals surface area contributed by atoms with Crippen molar-refractivity contribution in [3.05, 3.63) is 0 Å². The van der Waals surface area contributed by atoms with Crippen molar-refractivity contribution in [2.75, 3.05) is 0 Å². The monoisotopic (exact) mass is 316 g/mol. The van der Waals surface area contributed by atoms with Crippen LogP contribution in [0.2, 0.25) is 11.1 Å². The number of halogens is 4. The van der Waals surface area contributed by atoms with Gasteiger partial charge in [-0.15, -0.1) is 0 Å². The summed E-state index contributed by atoms with van der Waals surface area (Å²) in [7, 11) is -0.753. The summed E-state index contributed by atoms with van der Waals surface area (Å²) in [5.41, 5.74) is 1.98. The van der Waals surface area contributed by atoms with Crippen LogP contribution in [0.15, 0.2) is 0 Å². The predicted octanol–water partition coefficient (Wildman–Crippen LogP) is -13.6. The lowest BCUT2D eigenvalue weighted by atomic mass is 10.6. The van der Waals surface area contributed by atoms with Gasteiger partial charge in [-0.25, -0.2) is 0 Å². The summed E-state index contributed by atoms with van der Waals surface area (Å²) in [6.07, 6.45) is 0. The maximum absolute atomic E-state index is 2.76. The Morgan fingerprint density at radius 1 is 0.643 bits per heavy atom. The Kier molecular flexibility index (Phi) is 19.4. The van der Waals surface area contributed by atoms with Crippen LogP contribution in [0.25, 0.3) is 0 Å². The molecule has 1 aliphatic heterocycles. The van der Waals surface area contributed by atoms with Crippen molar-refractivity contribution in [3.8, 4) is 0 Å². The van der Waals surface area contributed by atoms with Crippen molar-refractivity contribution in [1.29, 1.82) is 0 Å². The first-order chi connectivity index (χ1) is 4.61. The van der Waals surface area contributed by atoms with Crippen molar-refractivity contribution < 1.29 is 58.9 Å². The molecule has 0 saturated carbocycles. The average molecular weight is 318 g/mol. The molecule has 0 aromatic carbocycles. The largest absolute Gasteiger partial charge is 1.00 e. The molecule has 0 aliphatic carbocycles. The molecule has 1 heterocycles. The Morgan fingerprint density at radius 3 is 1.00 bits per heavy atom. The fraction of sp³-hybridized carbons (Fsp3) is 1.00. The molecule has 1 rings (SSSR count). The van der Waals surface area contributed by atoms with Crippen molar-refractivity contribution in [1.82, 2.24) is 0 Å². The minimum atomic E-state index is -0.376. The highest BCUT2D eigenvalue weighted by Crippen LogP contribution is 2.02. The Morgan fingerprint density at radius 2 is 0.857 bits per heavy atom. The van der Waals surface area contributed by atoms with Gasteiger partial charge in [0.05, 0.1) is 11.1 Å². The zero-order valence-corrected chi connectivity index (χ0v) is 14.3. The molecule has 0 atom stereocenters. The molecule has 8 heteroatoms. The SMILES string of the molecule is CC(C)[SiH]1[NH2+][SiH](C(C)C)[NH2+]1.[Cl-].[Cl-].[Cl-].[Cl-]. The van der Waals surface area contributed by atoms with Crippen LogP contribution < -0.4 is 58.9 Å². The lowest BCUT2D eigenvalue weighted by molar-refractivity contribution is -0.660. The Labute approximate surface area is 116 Å². The lowest BCUT2D eigenvalue weighted by Gasteiger charge is -2.29. The molecule has 1 fully saturated rings. The molecule has 0 aromatic rings. The molecule has 0 bridgehead atoms. The zero-order chi connectivity index (χ0) is 7.72. The second-order valence-electron chi connectivity index (χ2n) is 4.03. The molecular weight excluding hydrogens is 298 g/mol. The highest BCUT2D eigenvalue weighted by molar-refractivity contribution is 6.65. The maximum Gasteiger partial charge on any atom is 0.478 e. The molecule has 14 heavy (non-hydrogen) atoms. The van der Waals surface area contributed by atoms with Crippen LogP contribution in [0.3, 0.4) is 0 Å². The summed E-state index contributed by atoms with van der Waals surface area (Å²) in [4.78, 5) is 0. The van der Waals surface area contributed by atoms with Gasteiger partial charge >= 0.3 is 18.2 Å². The number of quaternary nitrogens is 2. The highest BCUT2D eigenvalue weighted by Gasteiger charge is 2.49. The molecule has 2 nitrogen and oxygen atoms in total. The molecule has 1 aliphatic rings. The molecular formula is C6H20Cl4N2Si2-2. The van der Waals surface area contributed by atoms with E-state index in [0.717, 1.165) is 11.1 Å². The first kappa shape index (κ1) is 24.7. The minimum absolute atomic E-state index is 0. The van der Waals surface area contributed by atoms with Crippen LogP contribution in [0.1, 0.15) is 27.7 Å². The van der Waals surface area contributed by atoms with Gasteiger partial charge in [-0.3, -0.25) is 0 Å². The van der Waals surface area contributed by atoms with Gasteiger partial charge < -0.3 is 58.9 Å². The lowest BCUT2D eigenvalue weighted by Crippen LogP contribution is -3.42. The van der Waals surface area contributed by atoms with Crippen molar-refractivity contribution in [2.24, 2.45) is 0 Å². The molecule has 1 saturated heterocycles. The van der Waals surface area contributed by atoms with Crippen LogP contribution in [-0.4, -0.2) is 18.2 Å². The Balaban J connectivity index is -0.000000125. The van der Waals surface area contributed by atoms with E-state index in [1.165, 1.54) is 0 Å². The molecule has 0 spiro atoms. The van der Waals surface area contributed by atoms with E-state index in [2.05, 4.69) is 37.0 Å². The van der Waals surface area contributed by atoms with E-state index in [1.54, 1.807) is 0 Å². The summed E-state index contributed by atoms with van der Waals surface area (Å²) < 4.78 is 5.52. The van der Waals surface area contributed by atoms with E-state index in [0.29, 0.717) is 0 Å². The van der Waals surface area contributed by atoms with E-state index < -0.39 is 0 Å². The third-order valence-corrected chi connectivity index (χ3v) is 12.6. The van der Waals surface area contributed by atoms with E-state index in [9.17, 15) is 0 Å². The predicted molar refractivity (Wildman–Crippen MR) is 48.3 cm³/mol. The van der Waals surface area contributed by atoms with Gasteiger partial charge in [-0.2, -0.15) is 0 Å². The fourth-order valence-corrected chi connectivity index (χ4v) is 12.5. The first-order valence-electron chi connectivity index (χ1n) is 4.31. The van der Waals surface area contributed by atoms with Crippen molar-refractivity contribution in [2.45, 2.75) is 38.8 Å². The van der Waals surface area contributed by atoms with E-state index in [1.807, 2.05) is 0 Å². The molecule has 4 N–H and O–H groups in total. The Hall–Kier alpha value is 1.51. The van der Waals surface area contributed by atoms with Gasteiger partial charge in [0.15, 0.2) is 0 Å². The summed E-state index contributed by atoms with van der Waals surface area (Å²) >= 11 is 0. The van der Waals surface area contributed by atoms with Gasteiger partial charge in [0.25, 0.3) is 0 Å². The van der Waals surface area contributed by atoms with Gasteiger partial charge in [0, 0.05) is 0 Å². The van der Waals surface area contributed by atoms with E-state index in [4.69, 9.17) is 0 Å². The van der Waals surface area contributed by atoms with E-state index in [-0.39, 0.29) is 67.9 Å². The number of nitrogens with two attached hydrogens (primary N) is 2. The second kappa shape index (κ2) is 11.0. The second-order valence-corrected chi connectivity index (χ2v) is 12.1. The third-order valence-electron chi connectivity index (χ3n) is 2.43. The Bertz CT molecular complexity index is 110. The van der Waals surface area contributed by atoms with Crippen LogP contribution >= 0.6 is 0 Å². The fourth-order valence-electron chi connectivity index (χ4n) is 1.38. The smallest absolute Gasteiger partial charge is 0.478 e. The van der Waals surface area contributed by atoms with Crippen LogP contribution in [0.5, 0.6) is 0 Å². The highest BCUT2D eigenvalue weighted by atomic mass is 35.5. The summed E-state index contributed by atoms with van der Waals surface area (Å²) in [5, 5.41) is 0. The molecule has 92 valence electrons. The third kappa shape index (κ3) is 6.90. The van der Waals surface area contributed by atoms with Crippen molar-refractivity contribution in [3.63, 3.8) is 0 Å². The normalized spacial score (nSPS) is 23.6. The van der Waals surface area contributed by atoms with E-state index >= 15 is 0 Å². The topological polar surface area (TPSA) is 33.2 Å². The van der Waals surface area contributed by atoms with Crippen LogP contribution in [-0.2, 0) is 0 Å². The maximum atomic E-state index is 2.76. The quantitative estimate of drug-likeness (QED) is 0.474.